The molecule has 2 amide bonds. The Hall–Kier alpha value is -2.75. The number of nitrogens with zero attached hydrogens (tertiary/aromatic N) is 3. The Kier molecular flexibility index (Phi) is 5.12. The van der Waals surface area contributed by atoms with Crippen molar-refractivity contribution in [2.75, 3.05) is 20.2 Å². The highest BCUT2D eigenvalue weighted by Crippen LogP contribution is 2.29. The van der Waals surface area contributed by atoms with E-state index in [4.69, 9.17) is 4.74 Å². The van der Waals surface area contributed by atoms with Gasteiger partial charge in [-0.25, -0.2) is 9.78 Å². The number of fused-ring (bicyclic) bond motifs is 2. The Labute approximate surface area is 170 Å². The van der Waals surface area contributed by atoms with E-state index >= 15 is 0 Å². The Morgan fingerprint density at radius 3 is 2.83 bits per heavy atom. The van der Waals surface area contributed by atoms with Gasteiger partial charge < -0.3 is 15.0 Å². The van der Waals surface area contributed by atoms with E-state index in [-0.39, 0.29) is 28.9 Å². The highest BCUT2D eigenvalue weighted by molar-refractivity contribution is 7.20. The smallest absolute Gasteiger partial charge is 0.349 e. The molecule has 4 rings (SSSR count). The van der Waals surface area contributed by atoms with Crippen LogP contribution in [0.5, 0.6) is 0 Å². The number of aryl methyl sites for hydroxylation is 2. The molecule has 3 heterocycles. The summed E-state index contributed by atoms with van der Waals surface area (Å²) in [5.41, 5.74) is 0.395. The predicted octanol–water partition coefficient (Wildman–Crippen LogP) is 0.606. The first-order valence-electron chi connectivity index (χ1n) is 9.58. The molecule has 9 nitrogen and oxygen atoms in total. The fourth-order valence-corrected chi connectivity index (χ4v) is 4.46. The minimum absolute atomic E-state index is 0.0823. The molecule has 0 saturated heterocycles. The van der Waals surface area contributed by atoms with Crippen LogP contribution < -0.4 is 10.9 Å². The largest absolute Gasteiger partial charge is 0.451 e. The summed E-state index contributed by atoms with van der Waals surface area (Å²) in [4.78, 5) is 55.7. The van der Waals surface area contributed by atoms with Crippen molar-refractivity contribution >= 4 is 39.3 Å². The number of carbonyl (C=O) groups is 3. The lowest BCUT2D eigenvalue weighted by Crippen LogP contribution is -2.40. The molecule has 0 aromatic carbocycles. The lowest BCUT2D eigenvalue weighted by Gasteiger charge is -2.16. The topological polar surface area (TPSA) is 111 Å². The zero-order valence-corrected chi connectivity index (χ0v) is 17.1. The van der Waals surface area contributed by atoms with Crippen molar-refractivity contribution in [2.45, 2.75) is 45.2 Å². The molecule has 1 saturated carbocycles. The van der Waals surface area contributed by atoms with Gasteiger partial charge in [0.2, 0.25) is 5.91 Å². The van der Waals surface area contributed by atoms with Crippen molar-refractivity contribution in [1.29, 1.82) is 0 Å². The predicted molar refractivity (Wildman–Crippen MR) is 106 cm³/mol. The van der Waals surface area contributed by atoms with E-state index in [2.05, 4.69) is 10.3 Å². The first-order valence-corrected chi connectivity index (χ1v) is 10.4. The number of carbonyl (C=O) groups excluding carboxylic acids is 3. The van der Waals surface area contributed by atoms with Crippen molar-refractivity contribution in [2.24, 2.45) is 0 Å². The third-order valence-corrected chi connectivity index (χ3v) is 6.34. The second-order valence-electron chi connectivity index (χ2n) is 7.49. The van der Waals surface area contributed by atoms with Crippen LogP contribution in [0, 0.1) is 6.92 Å². The summed E-state index contributed by atoms with van der Waals surface area (Å²) in [6.45, 7) is 1.78. The standard InChI is InChI=1S/C19H22N4O5S/c1-10-15-17(21-12-4-3-7-23(12)18(15)26)29-16(10)19(27)28-9-14(25)22(2)8-13(24)20-11-5-6-11/h11H,3-9H2,1-2H3,(H,20,24). The Morgan fingerprint density at radius 1 is 1.34 bits per heavy atom. The van der Waals surface area contributed by atoms with Crippen LogP contribution in [-0.4, -0.2) is 58.5 Å². The maximum atomic E-state index is 12.7. The molecule has 1 aliphatic carbocycles. The van der Waals surface area contributed by atoms with E-state index in [0.717, 1.165) is 42.8 Å². The number of rotatable bonds is 6. The van der Waals surface area contributed by atoms with E-state index < -0.39 is 18.5 Å². The van der Waals surface area contributed by atoms with Crippen LogP contribution in [0.2, 0.25) is 0 Å². The van der Waals surface area contributed by atoms with Crippen molar-refractivity contribution in [1.82, 2.24) is 19.8 Å². The van der Waals surface area contributed by atoms with Gasteiger partial charge >= 0.3 is 5.97 Å². The SMILES string of the molecule is Cc1c(C(=O)OCC(=O)N(C)CC(=O)NC2CC2)sc2nc3n(c(=O)c12)CCC3. The zero-order chi connectivity index (χ0) is 20.7. The van der Waals surface area contributed by atoms with E-state index in [1.165, 1.54) is 11.9 Å². The molecule has 0 unspecified atom stereocenters. The summed E-state index contributed by atoms with van der Waals surface area (Å²) in [6.07, 6.45) is 3.58. The first kappa shape index (κ1) is 19.6. The van der Waals surface area contributed by atoms with Crippen LogP contribution in [0.25, 0.3) is 10.2 Å². The van der Waals surface area contributed by atoms with Gasteiger partial charge in [-0.2, -0.15) is 0 Å². The molecule has 0 radical (unpaired) electrons. The highest BCUT2D eigenvalue weighted by Gasteiger charge is 2.26. The monoisotopic (exact) mass is 418 g/mol. The number of ether oxygens (including phenoxy) is 1. The molecule has 0 bridgehead atoms. The number of nitrogens with one attached hydrogen (secondary N) is 1. The molecule has 1 fully saturated rings. The number of aromatic nitrogens is 2. The second-order valence-corrected chi connectivity index (χ2v) is 8.49. The minimum atomic E-state index is -0.667. The van der Waals surface area contributed by atoms with Crippen LogP contribution in [0.15, 0.2) is 4.79 Å². The van der Waals surface area contributed by atoms with Gasteiger partial charge in [-0.15, -0.1) is 11.3 Å². The average molecular weight is 418 g/mol. The van der Waals surface area contributed by atoms with Gasteiger partial charge in [-0.05, 0) is 31.7 Å². The molecule has 2 aromatic rings. The van der Waals surface area contributed by atoms with Crippen LogP contribution in [0.1, 0.15) is 40.3 Å². The Morgan fingerprint density at radius 2 is 2.10 bits per heavy atom. The van der Waals surface area contributed by atoms with Gasteiger partial charge in [-0.3, -0.25) is 19.0 Å². The molecule has 29 heavy (non-hydrogen) atoms. The van der Waals surface area contributed by atoms with Crippen molar-refractivity contribution in [3.8, 4) is 0 Å². The molecule has 0 spiro atoms. The van der Waals surface area contributed by atoms with Gasteiger partial charge in [0, 0.05) is 26.1 Å². The lowest BCUT2D eigenvalue weighted by molar-refractivity contribution is -0.137. The molecule has 2 aromatic heterocycles. The third-order valence-electron chi connectivity index (χ3n) is 5.17. The maximum absolute atomic E-state index is 12.7. The summed E-state index contributed by atoms with van der Waals surface area (Å²) < 4.78 is 6.80. The number of hydrogen-bond acceptors (Lipinski definition) is 7. The molecule has 10 heteroatoms. The van der Waals surface area contributed by atoms with E-state index in [0.29, 0.717) is 22.3 Å². The normalized spacial score (nSPS) is 15.2. The lowest BCUT2D eigenvalue weighted by atomic mass is 10.2. The minimum Gasteiger partial charge on any atom is -0.451 e. The fraction of sp³-hybridized carbons (Fsp3) is 0.526. The quantitative estimate of drug-likeness (QED) is 0.688. The van der Waals surface area contributed by atoms with Gasteiger partial charge in [0.05, 0.1) is 11.9 Å². The molecule has 0 atom stereocenters. The van der Waals surface area contributed by atoms with Crippen LogP contribution in [0.3, 0.4) is 0 Å². The highest BCUT2D eigenvalue weighted by atomic mass is 32.1. The number of likely N-dealkylation sites (N-methyl/N-ethyl adjacent to an activating group) is 1. The summed E-state index contributed by atoms with van der Waals surface area (Å²) in [5, 5.41) is 3.24. The number of amides is 2. The zero-order valence-electron chi connectivity index (χ0n) is 16.3. The van der Waals surface area contributed by atoms with Gasteiger partial charge in [0.15, 0.2) is 6.61 Å². The van der Waals surface area contributed by atoms with E-state index in [9.17, 15) is 19.2 Å². The van der Waals surface area contributed by atoms with Gasteiger partial charge in [0.1, 0.15) is 15.5 Å². The molecule has 1 N–H and O–H groups in total. The maximum Gasteiger partial charge on any atom is 0.349 e. The second kappa shape index (κ2) is 7.58. The first-order chi connectivity index (χ1) is 13.8. The third kappa shape index (κ3) is 3.89. The summed E-state index contributed by atoms with van der Waals surface area (Å²) in [6, 6.07) is 0.221. The molecular formula is C19H22N4O5S. The van der Waals surface area contributed by atoms with Crippen LogP contribution in [0.4, 0.5) is 0 Å². The van der Waals surface area contributed by atoms with E-state index in [1.54, 1.807) is 11.5 Å². The average Bonchev–Trinajstić information content (AvgIpc) is 3.24. The fourth-order valence-electron chi connectivity index (χ4n) is 3.38. The number of thiophene rings is 1. The van der Waals surface area contributed by atoms with Crippen molar-refractivity contribution in [3.05, 3.63) is 26.6 Å². The molecule has 2 aliphatic rings. The van der Waals surface area contributed by atoms with Gasteiger partial charge in [-0.1, -0.05) is 0 Å². The molecule has 1 aliphatic heterocycles. The summed E-state index contributed by atoms with van der Waals surface area (Å²) >= 11 is 1.11. The van der Waals surface area contributed by atoms with Crippen LogP contribution in [-0.2, 0) is 27.3 Å². The Bertz CT molecular complexity index is 1070. The molecule has 154 valence electrons. The summed E-state index contributed by atoms with van der Waals surface area (Å²) in [7, 11) is 1.49. The van der Waals surface area contributed by atoms with Gasteiger partial charge in [0.25, 0.3) is 11.5 Å². The van der Waals surface area contributed by atoms with E-state index in [1.807, 2.05) is 0 Å². The number of esters is 1. The number of hydrogen-bond donors (Lipinski definition) is 1. The Balaban J connectivity index is 1.42. The molecular weight excluding hydrogens is 396 g/mol. The summed E-state index contributed by atoms with van der Waals surface area (Å²) in [5.74, 6) is -0.626. The van der Waals surface area contributed by atoms with Crippen molar-refractivity contribution in [3.63, 3.8) is 0 Å². The van der Waals surface area contributed by atoms with Crippen molar-refractivity contribution < 1.29 is 19.1 Å². The van der Waals surface area contributed by atoms with Crippen LogP contribution >= 0.6 is 11.3 Å².